The summed E-state index contributed by atoms with van der Waals surface area (Å²) in [6.07, 6.45) is 4.32. The molecule has 1 unspecified atom stereocenters. The first-order valence-corrected chi connectivity index (χ1v) is 4.00. The molecule has 66 valence electrons. The second kappa shape index (κ2) is 4.73. The van der Waals surface area contributed by atoms with Crippen LogP contribution in [0.1, 0.15) is 26.2 Å². The molecule has 2 nitrogen and oxygen atoms in total. The van der Waals surface area contributed by atoms with E-state index in [-0.39, 0.29) is 17.8 Å². The first kappa shape index (κ1) is 10.9. The molecular formula is C8H16ClNO. The van der Waals surface area contributed by atoms with Crippen LogP contribution in [0, 0.1) is 5.41 Å². The van der Waals surface area contributed by atoms with Crippen LogP contribution in [0.15, 0.2) is 0 Å². The van der Waals surface area contributed by atoms with Crippen LogP contribution in [0.3, 0.4) is 0 Å². The van der Waals surface area contributed by atoms with E-state index < -0.39 is 0 Å². The Labute approximate surface area is 74.2 Å². The molecule has 0 radical (unpaired) electrons. The molecule has 0 aromatic rings. The Kier molecular flexibility index (Phi) is 4.69. The second-order valence-electron chi connectivity index (χ2n) is 3.16. The van der Waals surface area contributed by atoms with E-state index >= 15 is 0 Å². The van der Waals surface area contributed by atoms with E-state index in [1.165, 1.54) is 0 Å². The number of hydrogen-bond donors (Lipinski definition) is 1. The topological polar surface area (TPSA) is 29.1 Å². The zero-order valence-corrected chi connectivity index (χ0v) is 7.75. The highest BCUT2D eigenvalue weighted by molar-refractivity contribution is 5.85. The molecular weight excluding hydrogens is 162 g/mol. The Hall–Kier alpha value is -0.0800. The molecule has 0 aromatic heterocycles. The van der Waals surface area contributed by atoms with Crippen molar-refractivity contribution in [2.75, 3.05) is 13.1 Å². The number of aldehydes is 1. The molecule has 1 N–H and O–H groups in total. The van der Waals surface area contributed by atoms with Gasteiger partial charge in [-0.2, -0.15) is 0 Å². The van der Waals surface area contributed by atoms with Gasteiger partial charge >= 0.3 is 0 Å². The molecule has 1 aliphatic heterocycles. The molecule has 0 aromatic carbocycles. The van der Waals surface area contributed by atoms with Gasteiger partial charge in [0.15, 0.2) is 0 Å². The number of halogens is 1. The van der Waals surface area contributed by atoms with Gasteiger partial charge < -0.3 is 10.1 Å². The molecule has 3 heteroatoms. The van der Waals surface area contributed by atoms with Crippen molar-refractivity contribution in [3.05, 3.63) is 0 Å². The fraction of sp³-hybridized carbons (Fsp3) is 0.875. The maximum atomic E-state index is 10.7. The van der Waals surface area contributed by atoms with Gasteiger partial charge in [0.1, 0.15) is 6.29 Å². The Morgan fingerprint density at radius 2 is 2.36 bits per heavy atom. The monoisotopic (exact) mass is 177 g/mol. The van der Waals surface area contributed by atoms with Gasteiger partial charge in [-0.3, -0.25) is 0 Å². The lowest BCUT2D eigenvalue weighted by Gasteiger charge is -2.18. The van der Waals surface area contributed by atoms with Crippen LogP contribution in [0.4, 0.5) is 0 Å². The van der Waals surface area contributed by atoms with Crippen LogP contribution in [-0.4, -0.2) is 19.4 Å². The highest BCUT2D eigenvalue weighted by Crippen LogP contribution is 2.27. The summed E-state index contributed by atoms with van der Waals surface area (Å²) in [7, 11) is 0. The lowest BCUT2D eigenvalue weighted by atomic mass is 9.84. The van der Waals surface area contributed by atoms with Gasteiger partial charge in [-0.1, -0.05) is 13.3 Å². The SMILES string of the molecule is CCCC1(C=O)CCNC1.Cl. The van der Waals surface area contributed by atoms with Gasteiger partial charge in [0.2, 0.25) is 0 Å². The summed E-state index contributed by atoms with van der Waals surface area (Å²) in [6, 6.07) is 0. The standard InChI is InChI=1S/C8H15NO.ClH/c1-2-3-8(7-10)4-5-9-6-8;/h7,9H,2-6H2,1H3;1H. The number of hydrogen-bond acceptors (Lipinski definition) is 2. The summed E-state index contributed by atoms with van der Waals surface area (Å²) in [6.45, 7) is 4.03. The second-order valence-corrected chi connectivity index (χ2v) is 3.16. The van der Waals surface area contributed by atoms with Crippen molar-refractivity contribution < 1.29 is 4.79 Å². The van der Waals surface area contributed by atoms with Gasteiger partial charge in [0, 0.05) is 12.0 Å². The molecule has 0 bridgehead atoms. The average Bonchev–Trinajstić information content (AvgIpc) is 2.39. The Balaban J connectivity index is 0.000001000. The third-order valence-electron chi connectivity index (χ3n) is 2.27. The van der Waals surface area contributed by atoms with Gasteiger partial charge in [0.05, 0.1) is 0 Å². The molecule has 0 spiro atoms. The minimum Gasteiger partial charge on any atom is -0.316 e. The third-order valence-corrected chi connectivity index (χ3v) is 2.27. The van der Waals surface area contributed by atoms with E-state index in [0.29, 0.717) is 0 Å². The highest BCUT2D eigenvalue weighted by Gasteiger charge is 2.31. The minimum absolute atomic E-state index is 0. The van der Waals surface area contributed by atoms with Gasteiger partial charge in [-0.25, -0.2) is 0 Å². The van der Waals surface area contributed by atoms with E-state index in [0.717, 1.165) is 38.6 Å². The first-order chi connectivity index (χ1) is 4.83. The molecule has 0 saturated carbocycles. The van der Waals surface area contributed by atoms with Gasteiger partial charge in [-0.15, -0.1) is 12.4 Å². The first-order valence-electron chi connectivity index (χ1n) is 4.00. The van der Waals surface area contributed by atoms with E-state index in [1.54, 1.807) is 0 Å². The maximum Gasteiger partial charge on any atom is 0.127 e. The summed E-state index contributed by atoms with van der Waals surface area (Å²) in [4.78, 5) is 10.7. The Morgan fingerprint density at radius 1 is 1.64 bits per heavy atom. The summed E-state index contributed by atoms with van der Waals surface area (Å²) in [5.41, 5.74) is -0.00521. The zero-order valence-electron chi connectivity index (χ0n) is 6.93. The average molecular weight is 178 g/mol. The fourth-order valence-electron chi connectivity index (χ4n) is 1.63. The smallest absolute Gasteiger partial charge is 0.127 e. The quantitative estimate of drug-likeness (QED) is 0.661. The molecule has 1 heterocycles. The third kappa shape index (κ3) is 2.46. The van der Waals surface area contributed by atoms with E-state index in [4.69, 9.17) is 0 Å². The van der Waals surface area contributed by atoms with Crippen LogP contribution in [0.2, 0.25) is 0 Å². The normalized spacial score (nSPS) is 29.5. The molecule has 1 saturated heterocycles. The maximum absolute atomic E-state index is 10.7. The van der Waals surface area contributed by atoms with Crippen LogP contribution < -0.4 is 5.32 Å². The largest absolute Gasteiger partial charge is 0.316 e. The highest BCUT2D eigenvalue weighted by atomic mass is 35.5. The summed E-state index contributed by atoms with van der Waals surface area (Å²) >= 11 is 0. The van der Waals surface area contributed by atoms with Crippen molar-refractivity contribution in [2.24, 2.45) is 5.41 Å². The van der Waals surface area contributed by atoms with Crippen molar-refractivity contribution in [2.45, 2.75) is 26.2 Å². The van der Waals surface area contributed by atoms with Crippen molar-refractivity contribution in [3.63, 3.8) is 0 Å². The van der Waals surface area contributed by atoms with E-state index in [2.05, 4.69) is 12.2 Å². The Bertz CT molecular complexity index is 121. The van der Waals surface area contributed by atoms with Crippen molar-refractivity contribution in [1.82, 2.24) is 5.32 Å². The van der Waals surface area contributed by atoms with Crippen LogP contribution >= 0.6 is 12.4 Å². The van der Waals surface area contributed by atoms with E-state index in [1.807, 2.05) is 0 Å². The molecule has 0 amide bonds. The lowest BCUT2D eigenvalue weighted by Crippen LogP contribution is -2.25. The van der Waals surface area contributed by atoms with Gasteiger partial charge in [-0.05, 0) is 19.4 Å². The number of carbonyl (C=O) groups is 1. The molecule has 11 heavy (non-hydrogen) atoms. The molecule has 1 rings (SSSR count). The number of carbonyl (C=O) groups excluding carboxylic acids is 1. The Morgan fingerprint density at radius 3 is 2.73 bits per heavy atom. The summed E-state index contributed by atoms with van der Waals surface area (Å²) < 4.78 is 0. The molecule has 0 aliphatic carbocycles. The van der Waals surface area contributed by atoms with Crippen LogP contribution in [0.25, 0.3) is 0 Å². The lowest BCUT2D eigenvalue weighted by molar-refractivity contribution is -0.115. The van der Waals surface area contributed by atoms with Crippen LogP contribution in [0.5, 0.6) is 0 Å². The number of nitrogens with one attached hydrogen (secondary N) is 1. The summed E-state index contributed by atoms with van der Waals surface area (Å²) in [5.74, 6) is 0. The number of rotatable bonds is 3. The molecule has 1 aliphatic rings. The molecule has 1 atom stereocenters. The van der Waals surface area contributed by atoms with Crippen molar-refractivity contribution >= 4 is 18.7 Å². The van der Waals surface area contributed by atoms with Crippen molar-refractivity contribution in [1.29, 1.82) is 0 Å². The molecule has 1 fully saturated rings. The minimum atomic E-state index is -0.00521. The predicted molar refractivity (Wildman–Crippen MR) is 48.1 cm³/mol. The fourth-order valence-corrected chi connectivity index (χ4v) is 1.63. The zero-order chi connectivity index (χ0) is 7.45. The van der Waals surface area contributed by atoms with E-state index in [9.17, 15) is 4.79 Å². The predicted octanol–water partition coefficient (Wildman–Crippen LogP) is 1.39. The van der Waals surface area contributed by atoms with Crippen molar-refractivity contribution in [3.8, 4) is 0 Å². The summed E-state index contributed by atoms with van der Waals surface area (Å²) in [5, 5.41) is 3.22. The van der Waals surface area contributed by atoms with Crippen LogP contribution in [-0.2, 0) is 4.79 Å². The van der Waals surface area contributed by atoms with Gasteiger partial charge in [0.25, 0.3) is 0 Å².